The fourth-order valence-corrected chi connectivity index (χ4v) is 1.61. The van der Waals surface area contributed by atoms with Gasteiger partial charge in [-0.05, 0) is 18.2 Å². The first-order valence-electron chi connectivity index (χ1n) is 4.29. The van der Waals surface area contributed by atoms with Crippen molar-refractivity contribution >= 4 is 22.5 Å². The van der Waals surface area contributed by atoms with Gasteiger partial charge in [0, 0.05) is 11.5 Å². The predicted molar refractivity (Wildman–Crippen MR) is 58.0 cm³/mol. The number of rotatable bonds is 1. The van der Waals surface area contributed by atoms with Crippen molar-refractivity contribution in [2.75, 3.05) is 7.11 Å². The molecular formula is C11H7ClN2O. The van der Waals surface area contributed by atoms with Crippen LogP contribution in [0.4, 0.5) is 0 Å². The molecule has 1 aromatic carbocycles. The molecule has 2 rings (SSSR count). The lowest BCUT2D eigenvalue weighted by Gasteiger charge is -2.03. The van der Waals surface area contributed by atoms with Crippen LogP contribution in [-0.2, 0) is 0 Å². The molecule has 0 unspecified atom stereocenters. The van der Waals surface area contributed by atoms with Crippen molar-refractivity contribution in [3.8, 4) is 11.9 Å². The number of fused-ring (bicyclic) bond motifs is 1. The summed E-state index contributed by atoms with van der Waals surface area (Å²) in [4.78, 5) is 4.21. The van der Waals surface area contributed by atoms with Crippen LogP contribution in [0.2, 0.25) is 5.02 Å². The third-order valence-electron chi connectivity index (χ3n) is 2.11. The average Bonchev–Trinajstić information content (AvgIpc) is 2.29. The second-order valence-corrected chi connectivity index (χ2v) is 3.34. The summed E-state index contributed by atoms with van der Waals surface area (Å²) in [5.74, 6) is 0.531. The molecule has 74 valence electrons. The Kier molecular flexibility index (Phi) is 2.44. The first-order chi connectivity index (χ1) is 7.26. The van der Waals surface area contributed by atoms with Crippen LogP contribution in [-0.4, -0.2) is 12.1 Å². The summed E-state index contributed by atoms with van der Waals surface area (Å²) in [6, 6.07) is 8.94. The average molecular weight is 219 g/mol. The van der Waals surface area contributed by atoms with E-state index in [2.05, 4.69) is 4.98 Å². The Hall–Kier alpha value is -1.79. The van der Waals surface area contributed by atoms with Crippen LogP contribution in [0.1, 0.15) is 5.56 Å². The van der Waals surface area contributed by atoms with Gasteiger partial charge < -0.3 is 4.74 Å². The van der Waals surface area contributed by atoms with Gasteiger partial charge in [0.05, 0.1) is 23.2 Å². The van der Waals surface area contributed by atoms with Gasteiger partial charge in [-0.1, -0.05) is 11.6 Å². The Morgan fingerprint density at radius 1 is 1.33 bits per heavy atom. The van der Waals surface area contributed by atoms with Crippen molar-refractivity contribution in [2.45, 2.75) is 0 Å². The van der Waals surface area contributed by atoms with E-state index in [1.54, 1.807) is 31.4 Å². The zero-order chi connectivity index (χ0) is 10.8. The number of nitrogens with zero attached hydrogens (tertiary/aromatic N) is 2. The van der Waals surface area contributed by atoms with E-state index >= 15 is 0 Å². The molecule has 0 N–H and O–H groups in total. The normalized spacial score (nSPS) is 9.93. The molecule has 0 radical (unpaired) electrons. The van der Waals surface area contributed by atoms with Gasteiger partial charge in [-0.2, -0.15) is 5.26 Å². The van der Waals surface area contributed by atoms with Crippen molar-refractivity contribution < 1.29 is 4.74 Å². The molecule has 0 spiro atoms. The maximum absolute atomic E-state index is 8.80. The van der Waals surface area contributed by atoms with E-state index in [1.165, 1.54) is 0 Å². The van der Waals surface area contributed by atoms with Crippen LogP contribution in [0.25, 0.3) is 10.9 Å². The molecule has 0 aliphatic heterocycles. The van der Waals surface area contributed by atoms with Gasteiger partial charge in [0.1, 0.15) is 6.07 Å². The second kappa shape index (κ2) is 3.76. The SMILES string of the molecule is COc1ccc2c(Cl)c(C#N)ccc2n1. The molecule has 0 fully saturated rings. The predicted octanol–water partition coefficient (Wildman–Crippen LogP) is 2.77. The van der Waals surface area contributed by atoms with Gasteiger partial charge in [0.25, 0.3) is 0 Å². The molecule has 1 heterocycles. The summed E-state index contributed by atoms with van der Waals surface area (Å²) in [7, 11) is 1.55. The number of hydrogen-bond acceptors (Lipinski definition) is 3. The number of pyridine rings is 1. The van der Waals surface area contributed by atoms with Crippen molar-refractivity contribution in [1.82, 2.24) is 4.98 Å². The second-order valence-electron chi connectivity index (χ2n) is 2.96. The number of nitriles is 1. The third kappa shape index (κ3) is 1.60. The molecular weight excluding hydrogens is 212 g/mol. The monoisotopic (exact) mass is 218 g/mol. The van der Waals surface area contributed by atoms with Crippen LogP contribution < -0.4 is 4.74 Å². The van der Waals surface area contributed by atoms with Crippen LogP contribution in [0.3, 0.4) is 0 Å². The van der Waals surface area contributed by atoms with Gasteiger partial charge in [-0.15, -0.1) is 0 Å². The van der Waals surface area contributed by atoms with Gasteiger partial charge in [0.2, 0.25) is 5.88 Å². The molecule has 0 atom stereocenters. The molecule has 0 bridgehead atoms. The highest BCUT2D eigenvalue weighted by Gasteiger charge is 2.06. The van der Waals surface area contributed by atoms with Crippen LogP contribution >= 0.6 is 11.6 Å². The van der Waals surface area contributed by atoms with E-state index in [4.69, 9.17) is 21.6 Å². The number of aromatic nitrogens is 1. The summed E-state index contributed by atoms with van der Waals surface area (Å²) in [5, 5.41) is 10.00. The number of halogens is 1. The number of benzene rings is 1. The summed E-state index contributed by atoms with van der Waals surface area (Å²) in [5.41, 5.74) is 1.18. The number of ether oxygens (including phenoxy) is 1. The Morgan fingerprint density at radius 2 is 2.13 bits per heavy atom. The van der Waals surface area contributed by atoms with E-state index in [-0.39, 0.29) is 0 Å². The molecule has 0 saturated heterocycles. The lowest BCUT2D eigenvalue weighted by atomic mass is 10.1. The van der Waals surface area contributed by atoms with Gasteiger partial charge in [-0.25, -0.2) is 4.98 Å². The van der Waals surface area contributed by atoms with Gasteiger partial charge in [-0.3, -0.25) is 0 Å². The lowest BCUT2D eigenvalue weighted by Crippen LogP contribution is -1.89. The fourth-order valence-electron chi connectivity index (χ4n) is 1.35. The highest BCUT2D eigenvalue weighted by molar-refractivity contribution is 6.36. The van der Waals surface area contributed by atoms with Crippen molar-refractivity contribution in [2.24, 2.45) is 0 Å². The van der Waals surface area contributed by atoms with Crippen LogP contribution in [0.15, 0.2) is 24.3 Å². The third-order valence-corrected chi connectivity index (χ3v) is 2.52. The zero-order valence-corrected chi connectivity index (χ0v) is 8.75. The summed E-state index contributed by atoms with van der Waals surface area (Å²) in [6.07, 6.45) is 0. The highest BCUT2D eigenvalue weighted by Crippen LogP contribution is 2.27. The number of methoxy groups -OCH3 is 1. The largest absolute Gasteiger partial charge is 0.481 e. The first kappa shape index (κ1) is 9.75. The van der Waals surface area contributed by atoms with Crippen LogP contribution in [0.5, 0.6) is 5.88 Å². The topological polar surface area (TPSA) is 45.9 Å². The lowest BCUT2D eigenvalue weighted by molar-refractivity contribution is 0.399. The summed E-state index contributed by atoms with van der Waals surface area (Å²) < 4.78 is 5.00. The molecule has 2 aromatic rings. The summed E-state index contributed by atoms with van der Waals surface area (Å²) in [6.45, 7) is 0. The minimum absolute atomic E-state index is 0.435. The minimum Gasteiger partial charge on any atom is -0.481 e. The highest BCUT2D eigenvalue weighted by atomic mass is 35.5. The Labute approximate surface area is 91.9 Å². The molecule has 3 nitrogen and oxygen atoms in total. The Balaban J connectivity index is 2.75. The Bertz CT molecular complexity index is 560. The molecule has 1 aromatic heterocycles. The van der Waals surface area contributed by atoms with Crippen LogP contribution in [0, 0.1) is 11.3 Å². The van der Waals surface area contributed by atoms with E-state index in [1.807, 2.05) is 6.07 Å². The first-order valence-corrected chi connectivity index (χ1v) is 4.67. The maximum atomic E-state index is 8.80. The summed E-state index contributed by atoms with van der Waals surface area (Å²) >= 11 is 6.03. The molecule has 0 aliphatic carbocycles. The van der Waals surface area contributed by atoms with E-state index in [9.17, 15) is 0 Å². The quantitative estimate of drug-likeness (QED) is 0.740. The fraction of sp³-hybridized carbons (Fsp3) is 0.0909. The van der Waals surface area contributed by atoms with E-state index < -0.39 is 0 Å². The molecule has 0 amide bonds. The van der Waals surface area contributed by atoms with Crippen molar-refractivity contribution in [3.05, 3.63) is 34.9 Å². The van der Waals surface area contributed by atoms with Gasteiger partial charge >= 0.3 is 0 Å². The Morgan fingerprint density at radius 3 is 2.80 bits per heavy atom. The zero-order valence-electron chi connectivity index (χ0n) is 7.99. The molecule has 0 saturated carbocycles. The minimum atomic E-state index is 0.435. The van der Waals surface area contributed by atoms with Crippen molar-refractivity contribution in [3.63, 3.8) is 0 Å². The van der Waals surface area contributed by atoms with E-state index in [0.29, 0.717) is 16.5 Å². The maximum Gasteiger partial charge on any atom is 0.213 e. The number of hydrogen-bond donors (Lipinski definition) is 0. The molecule has 4 heteroatoms. The van der Waals surface area contributed by atoms with E-state index in [0.717, 1.165) is 10.9 Å². The standard InChI is InChI=1S/C11H7ClN2O/c1-15-10-5-3-8-9(14-10)4-2-7(6-13)11(8)12/h2-5H,1H3. The molecule has 0 aliphatic rings. The smallest absolute Gasteiger partial charge is 0.213 e. The molecule has 15 heavy (non-hydrogen) atoms. The van der Waals surface area contributed by atoms with Gasteiger partial charge in [0.15, 0.2) is 0 Å². The van der Waals surface area contributed by atoms with Crippen molar-refractivity contribution in [1.29, 1.82) is 5.26 Å².